The van der Waals surface area contributed by atoms with Crippen molar-refractivity contribution in [3.8, 4) is 0 Å². The highest BCUT2D eigenvalue weighted by atomic mass is 32.2. The lowest BCUT2D eigenvalue weighted by Crippen LogP contribution is -2.37. The van der Waals surface area contributed by atoms with Crippen LogP contribution in [0.4, 0.5) is 4.79 Å². The molecule has 0 unspecified atom stereocenters. The molecule has 0 aliphatic carbocycles. The van der Waals surface area contributed by atoms with Crippen molar-refractivity contribution >= 4 is 23.8 Å². The number of aromatic nitrogens is 2. The van der Waals surface area contributed by atoms with E-state index in [4.69, 9.17) is 5.11 Å². The van der Waals surface area contributed by atoms with Crippen LogP contribution >= 0.6 is 11.8 Å². The van der Waals surface area contributed by atoms with Gasteiger partial charge >= 0.3 is 12.0 Å². The largest absolute Gasteiger partial charge is 0.476 e. The van der Waals surface area contributed by atoms with Crippen LogP contribution in [0.5, 0.6) is 0 Å². The van der Waals surface area contributed by atoms with Crippen molar-refractivity contribution < 1.29 is 14.7 Å². The molecule has 0 bridgehead atoms. The standard InChI is InChI=1S/C13H22N4O3S/c1-21-8-4-2-3-5-14-13(20)15-6-7-17-9-11(12(18)19)16-10-17/h9-10H,2-8H2,1H3,(H,18,19)(H2,14,15,20). The van der Waals surface area contributed by atoms with Crippen LogP contribution in [-0.2, 0) is 6.54 Å². The lowest BCUT2D eigenvalue weighted by molar-refractivity contribution is 0.0691. The van der Waals surface area contributed by atoms with Crippen LogP contribution in [0.2, 0.25) is 0 Å². The van der Waals surface area contributed by atoms with E-state index in [9.17, 15) is 9.59 Å². The van der Waals surface area contributed by atoms with E-state index in [2.05, 4.69) is 21.9 Å². The summed E-state index contributed by atoms with van der Waals surface area (Å²) >= 11 is 1.83. The van der Waals surface area contributed by atoms with Gasteiger partial charge in [-0.1, -0.05) is 6.42 Å². The first kappa shape index (κ1) is 17.4. The van der Waals surface area contributed by atoms with E-state index in [1.165, 1.54) is 18.9 Å². The second-order valence-corrected chi connectivity index (χ2v) is 5.52. The second-order valence-electron chi connectivity index (χ2n) is 4.54. The number of nitrogens with one attached hydrogen (secondary N) is 2. The Balaban J connectivity index is 2.06. The van der Waals surface area contributed by atoms with E-state index >= 15 is 0 Å². The highest BCUT2D eigenvalue weighted by Crippen LogP contribution is 2.01. The zero-order valence-electron chi connectivity index (χ0n) is 12.2. The molecule has 0 saturated carbocycles. The maximum atomic E-state index is 11.5. The molecule has 0 atom stereocenters. The molecule has 8 heteroatoms. The molecule has 1 heterocycles. The molecule has 0 aromatic carbocycles. The summed E-state index contributed by atoms with van der Waals surface area (Å²) in [6, 6.07) is -0.196. The molecule has 0 aliphatic rings. The maximum Gasteiger partial charge on any atom is 0.356 e. The number of imidazole rings is 1. The summed E-state index contributed by atoms with van der Waals surface area (Å²) in [4.78, 5) is 25.9. The van der Waals surface area contributed by atoms with Gasteiger partial charge in [0, 0.05) is 25.8 Å². The van der Waals surface area contributed by atoms with Gasteiger partial charge in [-0.3, -0.25) is 0 Å². The Hall–Kier alpha value is -1.70. The minimum Gasteiger partial charge on any atom is -0.476 e. The number of rotatable bonds is 10. The molecule has 0 saturated heterocycles. The van der Waals surface area contributed by atoms with Gasteiger partial charge in [-0.05, 0) is 24.9 Å². The van der Waals surface area contributed by atoms with Crippen molar-refractivity contribution in [3.63, 3.8) is 0 Å². The van der Waals surface area contributed by atoms with E-state index in [0.29, 0.717) is 19.6 Å². The zero-order chi connectivity index (χ0) is 15.5. The predicted octanol–water partition coefficient (Wildman–Crippen LogP) is 1.41. The Labute approximate surface area is 128 Å². The first-order valence-electron chi connectivity index (χ1n) is 6.89. The van der Waals surface area contributed by atoms with E-state index in [1.807, 2.05) is 11.8 Å². The number of carbonyl (C=O) groups is 2. The average molecular weight is 314 g/mol. The van der Waals surface area contributed by atoms with Crippen molar-refractivity contribution in [2.45, 2.75) is 25.8 Å². The van der Waals surface area contributed by atoms with Crippen molar-refractivity contribution in [3.05, 3.63) is 18.2 Å². The number of hydrogen-bond acceptors (Lipinski definition) is 4. The quantitative estimate of drug-likeness (QED) is 0.568. The Morgan fingerprint density at radius 2 is 2.05 bits per heavy atom. The van der Waals surface area contributed by atoms with Crippen LogP contribution in [0.1, 0.15) is 29.8 Å². The van der Waals surface area contributed by atoms with Gasteiger partial charge in [-0.2, -0.15) is 11.8 Å². The third-order valence-corrected chi connectivity index (χ3v) is 3.52. The topological polar surface area (TPSA) is 96.3 Å². The molecular formula is C13H22N4O3S. The summed E-state index contributed by atoms with van der Waals surface area (Å²) in [6.45, 7) is 1.59. The van der Waals surface area contributed by atoms with Gasteiger partial charge in [0.05, 0.1) is 6.33 Å². The van der Waals surface area contributed by atoms with Crippen molar-refractivity contribution in [1.82, 2.24) is 20.2 Å². The van der Waals surface area contributed by atoms with E-state index in [0.717, 1.165) is 18.6 Å². The number of carboxylic acids is 1. The van der Waals surface area contributed by atoms with Crippen LogP contribution in [-0.4, -0.2) is 51.8 Å². The Kier molecular flexibility index (Phi) is 8.34. The molecule has 0 radical (unpaired) electrons. The van der Waals surface area contributed by atoms with Crippen LogP contribution in [0.25, 0.3) is 0 Å². The lowest BCUT2D eigenvalue weighted by atomic mass is 10.2. The van der Waals surface area contributed by atoms with E-state index in [-0.39, 0.29) is 11.7 Å². The third kappa shape index (κ3) is 7.60. The van der Waals surface area contributed by atoms with Gasteiger partial charge in [0.2, 0.25) is 0 Å². The number of unbranched alkanes of at least 4 members (excludes halogenated alkanes) is 2. The summed E-state index contributed by atoms with van der Waals surface area (Å²) in [5.41, 5.74) is 0.00435. The first-order valence-corrected chi connectivity index (χ1v) is 8.28. The van der Waals surface area contributed by atoms with Gasteiger partial charge in [0.15, 0.2) is 5.69 Å². The van der Waals surface area contributed by atoms with E-state index in [1.54, 1.807) is 4.57 Å². The van der Waals surface area contributed by atoms with Crippen LogP contribution < -0.4 is 10.6 Å². The molecule has 1 aromatic heterocycles. The molecule has 0 aliphatic heterocycles. The van der Waals surface area contributed by atoms with Crippen molar-refractivity contribution in [1.29, 1.82) is 0 Å². The fraction of sp³-hybridized carbons (Fsp3) is 0.615. The number of nitrogens with zero attached hydrogens (tertiary/aromatic N) is 2. The third-order valence-electron chi connectivity index (χ3n) is 2.82. The Bertz CT molecular complexity index is 450. The normalized spacial score (nSPS) is 10.3. The number of carbonyl (C=O) groups excluding carboxylic acids is 1. The number of carboxylic acid groups (broad SMARTS) is 1. The fourth-order valence-corrected chi connectivity index (χ4v) is 2.20. The SMILES string of the molecule is CSCCCCCNC(=O)NCCn1cnc(C(=O)O)c1. The molecule has 1 rings (SSSR count). The lowest BCUT2D eigenvalue weighted by Gasteiger charge is -2.07. The van der Waals surface area contributed by atoms with Crippen molar-refractivity contribution in [2.24, 2.45) is 0 Å². The molecule has 1 aromatic rings. The van der Waals surface area contributed by atoms with Gasteiger partial charge in [0.1, 0.15) is 0 Å². The molecule has 118 valence electrons. The highest BCUT2D eigenvalue weighted by Gasteiger charge is 2.06. The molecule has 0 fully saturated rings. The average Bonchev–Trinajstić information content (AvgIpc) is 2.92. The molecule has 0 spiro atoms. The monoisotopic (exact) mass is 314 g/mol. The van der Waals surface area contributed by atoms with Crippen molar-refractivity contribution in [2.75, 3.05) is 25.1 Å². The summed E-state index contributed by atoms with van der Waals surface area (Å²) in [5.74, 6) is 0.107. The zero-order valence-corrected chi connectivity index (χ0v) is 13.0. The number of aromatic carboxylic acids is 1. The fourth-order valence-electron chi connectivity index (χ4n) is 1.70. The minimum atomic E-state index is -1.05. The minimum absolute atomic E-state index is 0.00435. The number of hydrogen-bond donors (Lipinski definition) is 3. The second kappa shape index (κ2) is 10.1. The van der Waals surface area contributed by atoms with Crippen LogP contribution in [0.15, 0.2) is 12.5 Å². The molecular weight excluding hydrogens is 292 g/mol. The highest BCUT2D eigenvalue weighted by molar-refractivity contribution is 7.98. The number of thioether (sulfide) groups is 1. The Morgan fingerprint density at radius 3 is 2.71 bits per heavy atom. The predicted molar refractivity (Wildman–Crippen MR) is 82.8 cm³/mol. The Morgan fingerprint density at radius 1 is 1.29 bits per heavy atom. The van der Waals surface area contributed by atoms with Gasteiger partial charge in [0.25, 0.3) is 0 Å². The van der Waals surface area contributed by atoms with E-state index < -0.39 is 5.97 Å². The summed E-state index contributed by atoms with van der Waals surface area (Å²) < 4.78 is 1.63. The molecule has 21 heavy (non-hydrogen) atoms. The van der Waals surface area contributed by atoms with Gasteiger partial charge in [-0.15, -0.1) is 0 Å². The number of urea groups is 1. The van der Waals surface area contributed by atoms with Gasteiger partial charge in [-0.25, -0.2) is 14.6 Å². The number of amides is 2. The smallest absolute Gasteiger partial charge is 0.356 e. The van der Waals surface area contributed by atoms with Crippen LogP contribution in [0, 0.1) is 0 Å². The molecule has 7 nitrogen and oxygen atoms in total. The first-order chi connectivity index (χ1) is 10.1. The maximum absolute atomic E-state index is 11.5. The summed E-state index contributed by atoms with van der Waals surface area (Å²) in [6.07, 6.45) is 8.25. The van der Waals surface area contributed by atoms with Gasteiger partial charge < -0.3 is 20.3 Å². The summed E-state index contributed by atoms with van der Waals surface area (Å²) in [7, 11) is 0. The molecule has 3 N–H and O–H groups in total. The molecule has 2 amide bonds. The van der Waals surface area contributed by atoms with Crippen LogP contribution in [0.3, 0.4) is 0 Å². The summed E-state index contributed by atoms with van der Waals surface area (Å²) in [5, 5.41) is 14.2.